The molecule has 9 rings (SSSR count). The van der Waals surface area contributed by atoms with Crippen LogP contribution in [0.1, 0.15) is 79.4 Å². The van der Waals surface area contributed by atoms with Crippen molar-refractivity contribution in [3.8, 4) is 5.75 Å². The van der Waals surface area contributed by atoms with Gasteiger partial charge >= 0.3 is 17.9 Å². The molecule has 10 atom stereocenters. The van der Waals surface area contributed by atoms with Gasteiger partial charge in [0, 0.05) is 70.9 Å². The van der Waals surface area contributed by atoms with Gasteiger partial charge in [-0.1, -0.05) is 44.2 Å². The molecule has 0 radical (unpaired) electrons. The number of anilines is 1. The van der Waals surface area contributed by atoms with Gasteiger partial charge in [-0.15, -0.1) is 0 Å². The number of halogens is 1. The highest BCUT2D eigenvalue weighted by molar-refractivity contribution is 5.96. The number of methoxy groups -OCH3 is 3. The van der Waals surface area contributed by atoms with E-state index in [4.69, 9.17) is 23.1 Å². The molecule has 5 aliphatic heterocycles. The summed E-state index contributed by atoms with van der Waals surface area (Å²) in [5, 5.41) is 26.4. The lowest BCUT2D eigenvalue weighted by molar-refractivity contribution is -0.924. The number of aromatic nitrogens is 1. The second kappa shape index (κ2) is 15.3. The number of carbonyl (C=O) groups excluding carboxylic acids is 4. The number of aromatic amines is 1. The number of para-hydroxylation sites is 1. The third-order valence-electron chi connectivity index (χ3n) is 15.8. The highest BCUT2D eigenvalue weighted by Crippen LogP contribution is 2.68. The molecular weight excluding hydrogens is 907 g/mol. The predicted molar refractivity (Wildman–Crippen MR) is 225 cm³/mol. The second-order valence-corrected chi connectivity index (χ2v) is 18.6. The predicted octanol–water partition coefficient (Wildman–Crippen LogP) is 0.666. The number of nitrogens with one attached hydrogen (secondary N) is 1. The van der Waals surface area contributed by atoms with Gasteiger partial charge in [0.15, 0.2) is 6.10 Å². The van der Waals surface area contributed by atoms with Crippen LogP contribution in [-0.4, -0.2) is 139 Å². The number of H-pyrrole nitrogens is 1. The van der Waals surface area contributed by atoms with E-state index in [9.17, 15) is 24.6 Å². The molecule has 15 heteroatoms. The smallest absolute Gasteiger partial charge is 0.344 e. The number of nitrogens with zero attached hydrogens (tertiary/aromatic N) is 3. The van der Waals surface area contributed by atoms with Gasteiger partial charge in [-0.05, 0) is 61.9 Å². The molecule has 334 valence electrons. The Morgan fingerprint density at radius 2 is 1.79 bits per heavy atom. The molecule has 1 amide bonds. The van der Waals surface area contributed by atoms with Gasteiger partial charge in [-0.25, -0.2) is 4.79 Å². The third kappa shape index (κ3) is 5.79. The minimum absolute atomic E-state index is 0. The van der Waals surface area contributed by atoms with Crippen LogP contribution in [0, 0.1) is 11.3 Å². The summed E-state index contributed by atoms with van der Waals surface area (Å²) >= 11 is 0. The summed E-state index contributed by atoms with van der Waals surface area (Å²) in [6.45, 7) is 3.84. The Morgan fingerprint density at radius 3 is 2.45 bits per heavy atom. The van der Waals surface area contributed by atoms with Crippen molar-refractivity contribution >= 4 is 40.9 Å². The number of piperidine rings is 1. The molecule has 3 aromatic rings. The van der Waals surface area contributed by atoms with Crippen LogP contribution in [0.2, 0.25) is 0 Å². The van der Waals surface area contributed by atoms with Gasteiger partial charge in [0.25, 0.3) is 0 Å². The number of hydrogen-bond acceptors (Lipinski definition) is 11. The van der Waals surface area contributed by atoms with Crippen molar-refractivity contribution in [2.75, 3.05) is 65.9 Å². The number of likely N-dealkylation sites (N-methyl/N-ethyl adjacent to an activating group) is 1. The maximum absolute atomic E-state index is 15.5. The van der Waals surface area contributed by atoms with Crippen molar-refractivity contribution in [2.24, 2.45) is 11.3 Å². The zero-order chi connectivity index (χ0) is 46.0. The van der Waals surface area contributed by atoms with E-state index in [1.54, 1.807) is 6.07 Å². The summed E-state index contributed by atoms with van der Waals surface area (Å²) in [7, 11) is 3.93. The van der Waals surface area contributed by atoms with Crippen molar-refractivity contribution in [3.63, 3.8) is 0 Å². The number of amides is 1. The summed E-state index contributed by atoms with van der Waals surface area (Å²) in [5.41, 5.74) is -4.80. The normalized spacial score (nSPS) is 37.6. The molecule has 2 bridgehead atoms. The van der Waals surface area contributed by atoms with Crippen molar-refractivity contribution in [1.82, 2.24) is 9.88 Å². The fourth-order valence-electron chi connectivity index (χ4n) is 13.7. The molecule has 6 aliphatic rings. The van der Waals surface area contributed by atoms with Crippen molar-refractivity contribution in [1.29, 1.82) is 0 Å². The van der Waals surface area contributed by atoms with Crippen molar-refractivity contribution in [2.45, 2.75) is 99.5 Å². The van der Waals surface area contributed by atoms with Gasteiger partial charge in [-0.3, -0.25) is 19.3 Å². The fraction of sp³-hybridized carbons (Fsp3) is 0.574. The molecule has 14 nitrogen and oxygen atoms in total. The van der Waals surface area contributed by atoms with Crippen molar-refractivity contribution < 1.29 is 80.9 Å². The first-order valence-electron chi connectivity index (χ1n) is 23.0. The van der Waals surface area contributed by atoms with Crippen LogP contribution in [0.3, 0.4) is 0 Å². The minimum Gasteiger partial charge on any atom is -1.00 e. The first-order valence-corrected chi connectivity index (χ1v) is 21.5. The third-order valence-corrected chi connectivity index (χ3v) is 15.8. The number of hydrogen-bond donors (Lipinski definition) is 3. The van der Waals surface area contributed by atoms with Gasteiger partial charge in [0.1, 0.15) is 23.3 Å². The Kier molecular flexibility index (Phi) is 10.1. The summed E-state index contributed by atoms with van der Waals surface area (Å²) in [6, 6.07) is 9.31. The quantitative estimate of drug-likeness (QED) is 0.0726. The van der Waals surface area contributed by atoms with E-state index in [-0.39, 0.29) is 73.1 Å². The first-order chi connectivity index (χ1) is 30.3. The van der Waals surface area contributed by atoms with Gasteiger partial charge in [0.2, 0.25) is 12.0 Å². The Labute approximate surface area is 383 Å². The lowest BCUT2D eigenvalue weighted by Crippen LogP contribution is -3.00. The van der Waals surface area contributed by atoms with Crippen LogP contribution in [0.4, 0.5) is 5.69 Å². The van der Waals surface area contributed by atoms with Crippen LogP contribution >= 0.6 is 0 Å². The summed E-state index contributed by atoms with van der Waals surface area (Å²) < 4.78 is 50.3. The maximum atomic E-state index is 15.5. The molecule has 1 aliphatic carbocycles. The lowest BCUT2D eigenvalue weighted by Gasteiger charge is -2.63. The van der Waals surface area contributed by atoms with Crippen molar-refractivity contribution in [3.05, 3.63) is 70.9 Å². The average Bonchev–Trinajstić information content (AvgIpc) is 3.95. The Hall–Kier alpha value is -4.03. The van der Waals surface area contributed by atoms with Crippen LogP contribution in [0.15, 0.2) is 48.6 Å². The number of carbonyl (C=O) groups is 4. The molecule has 2 aromatic carbocycles. The van der Waals surface area contributed by atoms with E-state index in [2.05, 4.69) is 9.88 Å². The SMILES string of the molecule is [2H]C([2H])([2H])[N@+]12CCc3c([nH]c4ccccc34)[C@@](C(=O)OC)(c3cc4c(cc3OC)N(C=O)[C@H]3[C@@](O)(C(=O)OC)[C@H](OC(C)=O)[C@]5(CC)C=CCN6CC[C@]43[C@@H]65)C[C@@H](C[C@@](O)(CC)C1)C2.[I-]. The number of fused-ring (bicyclic) bond motifs is 6. The average molecular weight is 970 g/mol. The largest absolute Gasteiger partial charge is 1.00 e. The van der Waals surface area contributed by atoms with Crippen LogP contribution in [0.5, 0.6) is 5.75 Å². The van der Waals surface area contributed by atoms with E-state index < -0.39 is 76.4 Å². The molecular formula is C47H59IN4O10. The molecule has 6 heterocycles. The van der Waals surface area contributed by atoms with E-state index in [1.165, 1.54) is 26.0 Å². The highest BCUT2D eigenvalue weighted by atomic mass is 127. The molecule has 1 saturated carbocycles. The molecule has 62 heavy (non-hydrogen) atoms. The summed E-state index contributed by atoms with van der Waals surface area (Å²) in [5.74, 6) is -2.76. The lowest BCUT2D eigenvalue weighted by atomic mass is 9.47. The topological polar surface area (TPSA) is 168 Å². The summed E-state index contributed by atoms with van der Waals surface area (Å²) in [6.07, 6.45) is 4.45. The summed E-state index contributed by atoms with van der Waals surface area (Å²) in [4.78, 5) is 64.0. The minimum atomic E-state index is -2.59. The zero-order valence-corrected chi connectivity index (χ0v) is 38.3. The number of rotatable bonds is 8. The Morgan fingerprint density at radius 1 is 1.03 bits per heavy atom. The second-order valence-electron chi connectivity index (χ2n) is 18.6. The number of benzene rings is 2. The molecule has 3 fully saturated rings. The Bertz CT molecular complexity index is 2480. The van der Waals surface area contributed by atoms with E-state index in [0.29, 0.717) is 61.3 Å². The standard InChI is InChI=1S/C47H59N4O10.HI/c1-8-43(56)23-29-24-46(41(54)59-6,37-31(15-20-51(4,25-29)26-43)30-13-10-11-14-34(30)48-37)33-21-32-35(22-36(33)58-5)50(27-52)39-45(32)17-19-49-18-12-16-44(9-2,38(45)49)40(61-28(3)53)47(39,57)42(55)60-7;/h10-14,16,21-22,27,29,38-40,48,56-57H,8-9,15,17-20,23-26H2,1-7H3;1H/q+1;/p-1/t29-,38+,39-,40-,43+,44-,45-,46+,47+,51-;/m1./s1/i4D3;. The monoisotopic (exact) mass is 969 g/mol. The van der Waals surface area contributed by atoms with E-state index >= 15 is 4.79 Å². The van der Waals surface area contributed by atoms with Crippen LogP contribution < -0.4 is 33.6 Å². The number of aliphatic hydroxyl groups is 2. The number of ether oxygens (including phenoxy) is 4. The molecule has 2 saturated heterocycles. The fourth-order valence-corrected chi connectivity index (χ4v) is 13.7. The first kappa shape index (κ1) is 40.7. The Balaban J connectivity index is 0.00000576. The van der Waals surface area contributed by atoms with E-state index in [1.807, 2.05) is 56.3 Å². The van der Waals surface area contributed by atoms with Gasteiger partial charge in [0.05, 0.1) is 57.2 Å². The zero-order valence-electron chi connectivity index (χ0n) is 39.2. The van der Waals surface area contributed by atoms with Crippen LogP contribution in [-0.2, 0) is 50.6 Å². The number of quaternary nitrogens is 1. The molecule has 0 unspecified atom stereocenters. The molecule has 3 N–H and O–H groups in total. The molecule has 1 aromatic heterocycles. The highest BCUT2D eigenvalue weighted by Gasteiger charge is 2.81. The maximum Gasteiger partial charge on any atom is 0.344 e. The van der Waals surface area contributed by atoms with Gasteiger partial charge in [-0.2, -0.15) is 0 Å². The molecule has 1 spiro atoms. The van der Waals surface area contributed by atoms with E-state index in [0.717, 1.165) is 23.6 Å². The number of esters is 3. The van der Waals surface area contributed by atoms with Crippen LogP contribution in [0.25, 0.3) is 10.9 Å². The van der Waals surface area contributed by atoms with Gasteiger partial charge < -0.3 is 67.5 Å².